The second-order valence-electron chi connectivity index (χ2n) is 4.76. The van der Waals surface area contributed by atoms with Crippen LogP contribution < -0.4 is 0 Å². The third-order valence-corrected chi connectivity index (χ3v) is 1.16. The molecule has 74 valence electrons. The number of ketones is 1. The molecule has 0 aromatic rings. The minimum Gasteiger partial charge on any atom is -0.299 e. The highest BCUT2D eigenvalue weighted by molar-refractivity contribution is 5.83. The maximum Gasteiger partial charge on any atom is 0.137 e. The number of hydrogen-bond acceptors (Lipinski definition) is 1. The van der Waals surface area contributed by atoms with Gasteiger partial charge in [0.05, 0.1) is 0 Å². The van der Waals surface area contributed by atoms with Crippen LogP contribution in [0.1, 0.15) is 54.9 Å². The lowest BCUT2D eigenvalue weighted by Crippen LogP contribution is -2.18. The Morgan fingerprint density at radius 2 is 1.42 bits per heavy atom. The maximum absolute atomic E-state index is 10.8. The predicted octanol–water partition coefficient (Wildman–Crippen LogP) is 3.67. The molecule has 0 rings (SSSR count). The highest BCUT2D eigenvalue weighted by atomic mass is 16.1. The smallest absolute Gasteiger partial charge is 0.137 e. The van der Waals surface area contributed by atoms with Gasteiger partial charge >= 0.3 is 0 Å². The fourth-order valence-corrected chi connectivity index (χ4v) is 0.530. The minimum atomic E-state index is -0.130. The molecular weight excluding hydrogens is 148 g/mol. The van der Waals surface area contributed by atoms with E-state index >= 15 is 0 Å². The Kier molecular flexibility index (Phi) is 7.36. The van der Waals surface area contributed by atoms with Crippen molar-refractivity contribution in [3.63, 3.8) is 0 Å². The molecule has 0 saturated carbocycles. The van der Waals surface area contributed by atoms with Crippen molar-refractivity contribution in [3.8, 4) is 0 Å². The summed E-state index contributed by atoms with van der Waals surface area (Å²) in [6.45, 7) is 14.2. The molecule has 0 unspecified atom stereocenters. The van der Waals surface area contributed by atoms with Crippen LogP contribution in [0.2, 0.25) is 0 Å². The van der Waals surface area contributed by atoms with Gasteiger partial charge in [0.2, 0.25) is 0 Å². The van der Waals surface area contributed by atoms with Gasteiger partial charge in [-0.3, -0.25) is 4.79 Å². The van der Waals surface area contributed by atoms with Gasteiger partial charge in [-0.1, -0.05) is 48.5 Å². The molecule has 12 heavy (non-hydrogen) atoms. The fraction of sp³-hybridized carbons (Fsp3) is 0.909. The summed E-state index contributed by atoms with van der Waals surface area (Å²) in [6.07, 6.45) is 0.656. The Morgan fingerprint density at radius 1 is 1.17 bits per heavy atom. The average Bonchev–Trinajstić information content (AvgIpc) is 1.82. The van der Waals surface area contributed by atoms with Crippen molar-refractivity contribution in [1.29, 1.82) is 0 Å². The Balaban J connectivity index is 0. The van der Waals surface area contributed by atoms with Gasteiger partial charge in [0, 0.05) is 11.8 Å². The predicted molar refractivity (Wildman–Crippen MR) is 55.3 cm³/mol. The van der Waals surface area contributed by atoms with Crippen LogP contribution in [0, 0.1) is 11.3 Å². The van der Waals surface area contributed by atoms with Crippen molar-refractivity contribution in [2.75, 3.05) is 0 Å². The van der Waals surface area contributed by atoms with Gasteiger partial charge in [0.15, 0.2) is 0 Å². The Bertz CT molecular complexity index is 115. The summed E-state index contributed by atoms with van der Waals surface area (Å²) in [5.41, 5.74) is -0.130. The molecule has 0 aromatic carbocycles. The van der Waals surface area contributed by atoms with Gasteiger partial charge < -0.3 is 0 Å². The topological polar surface area (TPSA) is 17.1 Å². The lowest BCUT2D eigenvalue weighted by atomic mass is 9.90. The van der Waals surface area contributed by atoms with E-state index in [0.29, 0.717) is 12.2 Å². The zero-order valence-electron chi connectivity index (χ0n) is 9.69. The summed E-state index contributed by atoms with van der Waals surface area (Å²) in [5.74, 6) is 1.16. The van der Waals surface area contributed by atoms with Crippen molar-refractivity contribution in [2.24, 2.45) is 11.3 Å². The van der Waals surface area contributed by atoms with Crippen molar-refractivity contribution in [1.82, 2.24) is 0 Å². The van der Waals surface area contributed by atoms with E-state index in [9.17, 15) is 4.79 Å². The van der Waals surface area contributed by atoms with E-state index in [1.807, 2.05) is 27.7 Å². The molecule has 1 nitrogen and oxygen atoms in total. The third kappa shape index (κ3) is 12.4. The van der Waals surface area contributed by atoms with Crippen molar-refractivity contribution in [3.05, 3.63) is 0 Å². The van der Waals surface area contributed by atoms with E-state index in [2.05, 4.69) is 20.8 Å². The molecular formula is C11H24O. The summed E-state index contributed by atoms with van der Waals surface area (Å²) < 4.78 is 0. The van der Waals surface area contributed by atoms with Crippen LogP contribution in [0.15, 0.2) is 0 Å². The first-order chi connectivity index (χ1) is 5.21. The molecule has 0 aliphatic rings. The molecule has 0 aliphatic heterocycles. The molecule has 0 aromatic heterocycles. The Morgan fingerprint density at radius 3 is 1.42 bits per heavy atom. The highest BCUT2D eigenvalue weighted by Gasteiger charge is 2.17. The lowest BCUT2D eigenvalue weighted by Gasteiger charge is -2.13. The summed E-state index contributed by atoms with van der Waals surface area (Å²) in [5, 5.41) is 0. The molecule has 0 radical (unpaired) electrons. The summed E-state index contributed by atoms with van der Waals surface area (Å²) >= 11 is 0. The lowest BCUT2D eigenvalue weighted by molar-refractivity contribution is -0.125. The zero-order chi connectivity index (χ0) is 10.4. The minimum absolute atomic E-state index is 0.130. The van der Waals surface area contributed by atoms with Gasteiger partial charge in [-0.25, -0.2) is 0 Å². The molecule has 0 heterocycles. The molecule has 0 bridgehead atoms. The van der Waals surface area contributed by atoms with Crippen molar-refractivity contribution in [2.45, 2.75) is 54.9 Å². The average molecular weight is 172 g/mol. The van der Waals surface area contributed by atoms with Gasteiger partial charge in [0.25, 0.3) is 0 Å². The highest BCUT2D eigenvalue weighted by Crippen LogP contribution is 2.15. The van der Waals surface area contributed by atoms with Crippen LogP contribution in [0.4, 0.5) is 0 Å². The quantitative estimate of drug-likeness (QED) is 0.589. The van der Waals surface area contributed by atoms with E-state index < -0.39 is 0 Å². The van der Waals surface area contributed by atoms with Crippen molar-refractivity contribution >= 4 is 5.78 Å². The first kappa shape index (κ1) is 14.2. The molecule has 0 amide bonds. The van der Waals surface area contributed by atoms with Crippen LogP contribution >= 0.6 is 0 Å². The Labute approximate surface area is 77.6 Å². The van der Waals surface area contributed by atoms with Crippen LogP contribution in [-0.4, -0.2) is 5.78 Å². The fourth-order valence-electron chi connectivity index (χ4n) is 0.530. The molecule has 0 spiro atoms. The van der Waals surface area contributed by atoms with Crippen LogP contribution in [-0.2, 0) is 4.79 Å². The zero-order valence-corrected chi connectivity index (χ0v) is 9.69. The summed E-state index contributed by atoms with van der Waals surface area (Å²) in [7, 11) is 0. The number of Topliss-reactive ketones (excluding diaryl/α,β-unsaturated/α-hetero) is 1. The van der Waals surface area contributed by atoms with Gasteiger partial charge in [-0.05, 0) is 5.92 Å². The number of hydrogen-bond donors (Lipinski definition) is 0. The Hall–Kier alpha value is -0.330. The van der Waals surface area contributed by atoms with Gasteiger partial charge in [-0.2, -0.15) is 0 Å². The molecule has 0 atom stereocenters. The van der Waals surface area contributed by atoms with E-state index in [1.54, 1.807) is 0 Å². The standard InChI is InChI=1S/C7H14O.C4H10/c1-5-6(8)7(2,3)4;1-4(2)3/h5H2,1-4H3;4H,1-3H3. The summed E-state index contributed by atoms with van der Waals surface area (Å²) in [6, 6.07) is 0. The van der Waals surface area contributed by atoms with Crippen LogP contribution in [0.3, 0.4) is 0 Å². The largest absolute Gasteiger partial charge is 0.299 e. The molecule has 0 N–H and O–H groups in total. The van der Waals surface area contributed by atoms with E-state index in [-0.39, 0.29) is 5.41 Å². The maximum atomic E-state index is 10.8. The van der Waals surface area contributed by atoms with Gasteiger partial charge in [0.1, 0.15) is 5.78 Å². The van der Waals surface area contributed by atoms with Gasteiger partial charge in [-0.15, -0.1) is 0 Å². The second-order valence-corrected chi connectivity index (χ2v) is 4.76. The number of carbonyl (C=O) groups excluding carboxylic acids is 1. The number of carbonyl (C=O) groups is 1. The van der Waals surface area contributed by atoms with Crippen LogP contribution in [0.25, 0.3) is 0 Å². The molecule has 1 heteroatoms. The molecule has 0 saturated heterocycles. The monoisotopic (exact) mass is 172 g/mol. The van der Waals surface area contributed by atoms with Crippen molar-refractivity contribution < 1.29 is 4.79 Å². The third-order valence-electron chi connectivity index (χ3n) is 1.16. The van der Waals surface area contributed by atoms with Crippen LogP contribution in [0.5, 0.6) is 0 Å². The second kappa shape index (κ2) is 6.22. The number of rotatable bonds is 1. The SMILES string of the molecule is CC(C)C.CCC(=O)C(C)(C)C. The van der Waals surface area contributed by atoms with E-state index in [1.165, 1.54) is 0 Å². The van der Waals surface area contributed by atoms with E-state index in [0.717, 1.165) is 5.92 Å². The van der Waals surface area contributed by atoms with E-state index in [4.69, 9.17) is 0 Å². The molecule has 0 aliphatic carbocycles. The first-order valence-corrected chi connectivity index (χ1v) is 4.75. The summed E-state index contributed by atoms with van der Waals surface area (Å²) in [4.78, 5) is 10.8. The first-order valence-electron chi connectivity index (χ1n) is 4.75. The normalized spacial score (nSPS) is 10.7. The molecule has 0 fully saturated rings.